The number of hydrogen-bond donors (Lipinski definition) is 0. The van der Waals surface area contributed by atoms with E-state index in [1.807, 2.05) is 19.1 Å². The highest BCUT2D eigenvalue weighted by Gasteiger charge is 2.30. The number of benzene rings is 1. The molecule has 4 rings (SSSR count). The lowest BCUT2D eigenvalue weighted by molar-refractivity contribution is 0.469. The van der Waals surface area contributed by atoms with Crippen molar-refractivity contribution < 1.29 is 4.74 Å². The van der Waals surface area contributed by atoms with Gasteiger partial charge < -0.3 is 4.74 Å². The van der Waals surface area contributed by atoms with Crippen LogP contribution in [0, 0.1) is 20.8 Å². The highest BCUT2D eigenvalue weighted by molar-refractivity contribution is 5.86. The highest BCUT2D eigenvalue weighted by atomic mass is 16.5. The first-order chi connectivity index (χ1) is 12.8. The molecule has 1 aliphatic heterocycles. The summed E-state index contributed by atoms with van der Waals surface area (Å²) in [6.45, 7) is 13.0. The van der Waals surface area contributed by atoms with Crippen molar-refractivity contribution in [1.82, 2.24) is 15.2 Å². The number of anilines is 3. The Bertz CT molecular complexity index is 1010. The maximum atomic E-state index is 6.04. The number of ether oxygens (including phenoxy) is 1. The molecular formula is C22H24N4O. The van der Waals surface area contributed by atoms with Crippen LogP contribution >= 0.6 is 0 Å². The maximum absolute atomic E-state index is 6.04. The third-order valence-electron chi connectivity index (χ3n) is 4.91. The molecule has 1 aromatic carbocycles. The lowest BCUT2D eigenvalue weighted by atomic mass is 9.84. The lowest BCUT2D eigenvalue weighted by Crippen LogP contribution is -2.21. The van der Waals surface area contributed by atoms with Gasteiger partial charge in [-0.05, 0) is 55.0 Å². The molecule has 3 aromatic rings. The second-order valence-electron chi connectivity index (χ2n) is 8.16. The van der Waals surface area contributed by atoms with Gasteiger partial charge in [0.1, 0.15) is 5.69 Å². The van der Waals surface area contributed by atoms with E-state index in [1.165, 1.54) is 16.7 Å². The molecule has 5 heteroatoms. The molecule has 0 N–H and O–H groups in total. The van der Waals surface area contributed by atoms with Gasteiger partial charge in [-0.2, -0.15) is 10.2 Å². The Morgan fingerprint density at radius 2 is 1.56 bits per heavy atom. The quantitative estimate of drug-likeness (QED) is 0.438. The molecule has 1 aliphatic rings. The van der Waals surface area contributed by atoms with Gasteiger partial charge in [0.15, 0.2) is 17.3 Å². The molecule has 3 heterocycles. The lowest BCUT2D eigenvalue weighted by Gasteiger charge is -2.34. The molecule has 0 bridgehead atoms. The summed E-state index contributed by atoms with van der Waals surface area (Å²) in [5, 5.41) is 8.07. The van der Waals surface area contributed by atoms with Gasteiger partial charge in [-0.1, -0.05) is 32.9 Å². The van der Waals surface area contributed by atoms with E-state index >= 15 is 0 Å². The van der Waals surface area contributed by atoms with Gasteiger partial charge in [-0.3, -0.25) is 4.90 Å². The SMILES string of the molecule is Cc1ccc2c(n1)N(c1c(C)cc(C(C)(C)C)cc1C)c1cnncc1O2. The van der Waals surface area contributed by atoms with Gasteiger partial charge in [0.05, 0.1) is 18.1 Å². The first kappa shape index (κ1) is 17.5. The van der Waals surface area contributed by atoms with Crippen molar-refractivity contribution in [2.24, 2.45) is 0 Å². The predicted molar refractivity (Wildman–Crippen MR) is 107 cm³/mol. The number of aryl methyl sites for hydroxylation is 3. The summed E-state index contributed by atoms with van der Waals surface area (Å²) in [7, 11) is 0. The summed E-state index contributed by atoms with van der Waals surface area (Å²) in [6, 6.07) is 8.45. The van der Waals surface area contributed by atoms with E-state index in [0.717, 1.165) is 28.6 Å². The Morgan fingerprint density at radius 1 is 0.889 bits per heavy atom. The smallest absolute Gasteiger partial charge is 0.181 e. The topological polar surface area (TPSA) is 51.1 Å². The Morgan fingerprint density at radius 3 is 2.22 bits per heavy atom. The van der Waals surface area contributed by atoms with Crippen LogP contribution in [0.15, 0.2) is 36.7 Å². The van der Waals surface area contributed by atoms with Gasteiger partial charge >= 0.3 is 0 Å². The van der Waals surface area contributed by atoms with Crippen molar-refractivity contribution in [3.8, 4) is 11.5 Å². The first-order valence-electron chi connectivity index (χ1n) is 9.14. The summed E-state index contributed by atoms with van der Waals surface area (Å²) in [6.07, 6.45) is 3.39. The van der Waals surface area contributed by atoms with E-state index in [1.54, 1.807) is 12.4 Å². The molecule has 0 fully saturated rings. The van der Waals surface area contributed by atoms with Crippen molar-refractivity contribution >= 4 is 17.2 Å². The molecule has 0 saturated heterocycles. The van der Waals surface area contributed by atoms with Crippen LogP contribution in [0.5, 0.6) is 11.5 Å². The Hall–Kier alpha value is -2.95. The van der Waals surface area contributed by atoms with Crippen LogP contribution in [0.25, 0.3) is 0 Å². The molecule has 0 atom stereocenters. The summed E-state index contributed by atoms with van der Waals surface area (Å²) >= 11 is 0. The Balaban J connectivity index is 1.99. The van der Waals surface area contributed by atoms with Crippen LogP contribution in [0.2, 0.25) is 0 Å². The van der Waals surface area contributed by atoms with Crippen LogP contribution < -0.4 is 9.64 Å². The second-order valence-corrected chi connectivity index (χ2v) is 8.16. The van der Waals surface area contributed by atoms with Gasteiger partial charge in [-0.25, -0.2) is 4.98 Å². The number of hydrogen-bond acceptors (Lipinski definition) is 5. The zero-order valence-corrected chi connectivity index (χ0v) is 16.7. The number of nitrogens with zero attached hydrogens (tertiary/aromatic N) is 4. The van der Waals surface area contributed by atoms with Crippen LogP contribution in [0.4, 0.5) is 17.2 Å². The number of fused-ring (bicyclic) bond motifs is 2. The fourth-order valence-electron chi connectivity index (χ4n) is 3.52. The van der Waals surface area contributed by atoms with E-state index < -0.39 is 0 Å². The molecule has 0 unspecified atom stereocenters. The number of aromatic nitrogens is 3. The highest BCUT2D eigenvalue weighted by Crippen LogP contribution is 2.50. The van der Waals surface area contributed by atoms with Gasteiger partial charge in [0.2, 0.25) is 0 Å². The molecule has 5 nitrogen and oxygen atoms in total. The maximum Gasteiger partial charge on any atom is 0.181 e. The minimum absolute atomic E-state index is 0.0924. The van der Waals surface area contributed by atoms with Gasteiger partial charge in [0.25, 0.3) is 0 Å². The minimum Gasteiger partial charge on any atom is -0.449 e. The monoisotopic (exact) mass is 360 g/mol. The predicted octanol–water partition coefficient (Wildman–Crippen LogP) is 5.67. The molecular weight excluding hydrogens is 336 g/mol. The van der Waals surface area contributed by atoms with Crippen molar-refractivity contribution in [1.29, 1.82) is 0 Å². The number of pyridine rings is 1. The van der Waals surface area contributed by atoms with Crippen molar-refractivity contribution in [3.63, 3.8) is 0 Å². The third-order valence-corrected chi connectivity index (χ3v) is 4.91. The zero-order chi connectivity index (χ0) is 19.3. The van der Waals surface area contributed by atoms with Crippen LogP contribution in [0.1, 0.15) is 43.2 Å². The summed E-state index contributed by atoms with van der Waals surface area (Å²) < 4.78 is 6.04. The first-order valence-corrected chi connectivity index (χ1v) is 9.14. The molecule has 2 aromatic heterocycles. The molecule has 0 spiro atoms. The summed E-state index contributed by atoms with van der Waals surface area (Å²) in [5.74, 6) is 2.19. The Labute approximate surface area is 160 Å². The molecule has 138 valence electrons. The van der Waals surface area contributed by atoms with Gasteiger partial charge in [0, 0.05) is 5.69 Å². The van der Waals surface area contributed by atoms with Crippen molar-refractivity contribution in [2.45, 2.75) is 47.0 Å². The normalized spacial score (nSPS) is 13.0. The summed E-state index contributed by atoms with van der Waals surface area (Å²) in [4.78, 5) is 6.92. The average molecular weight is 360 g/mol. The van der Waals surface area contributed by atoms with E-state index in [9.17, 15) is 0 Å². The molecule has 0 saturated carbocycles. The van der Waals surface area contributed by atoms with E-state index in [4.69, 9.17) is 9.72 Å². The fourth-order valence-corrected chi connectivity index (χ4v) is 3.52. The standard InChI is InChI=1S/C22H24N4O/c1-13-9-16(22(4,5)6)10-14(2)20(13)26-17-11-23-24-12-19(17)27-18-8-7-15(3)25-21(18)26/h7-12H,1-6H3. The molecule has 0 amide bonds. The zero-order valence-electron chi connectivity index (χ0n) is 16.7. The summed E-state index contributed by atoms with van der Waals surface area (Å²) in [5.41, 5.74) is 6.70. The number of rotatable bonds is 1. The second kappa shape index (κ2) is 6.05. The molecule has 27 heavy (non-hydrogen) atoms. The van der Waals surface area contributed by atoms with Crippen LogP contribution in [0.3, 0.4) is 0 Å². The minimum atomic E-state index is 0.0924. The van der Waals surface area contributed by atoms with Crippen LogP contribution in [-0.2, 0) is 5.41 Å². The van der Waals surface area contributed by atoms with Crippen molar-refractivity contribution in [3.05, 3.63) is 59.0 Å². The Kier molecular flexibility index (Phi) is 3.91. The van der Waals surface area contributed by atoms with E-state index in [0.29, 0.717) is 5.75 Å². The largest absolute Gasteiger partial charge is 0.449 e. The van der Waals surface area contributed by atoms with Gasteiger partial charge in [-0.15, -0.1) is 0 Å². The third kappa shape index (κ3) is 2.93. The van der Waals surface area contributed by atoms with Crippen molar-refractivity contribution in [2.75, 3.05) is 4.90 Å². The molecule has 0 radical (unpaired) electrons. The molecule has 0 aliphatic carbocycles. The van der Waals surface area contributed by atoms with E-state index in [2.05, 4.69) is 61.8 Å². The average Bonchev–Trinajstić information content (AvgIpc) is 2.60. The van der Waals surface area contributed by atoms with Crippen LogP contribution in [-0.4, -0.2) is 15.2 Å². The fraction of sp³-hybridized carbons (Fsp3) is 0.318. The van der Waals surface area contributed by atoms with E-state index in [-0.39, 0.29) is 5.41 Å².